The van der Waals surface area contributed by atoms with Gasteiger partial charge in [0.2, 0.25) is 0 Å². The summed E-state index contributed by atoms with van der Waals surface area (Å²) in [5.74, 6) is -5.63. The van der Waals surface area contributed by atoms with E-state index in [0.717, 1.165) is 0 Å². The molecule has 0 aliphatic rings. The van der Waals surface area contributed by atoms with Crippen LogP contribution >= 0.6 is 0 Å². The Morgan fingerprint density at radius 1 is 1.11 bits per heavy atom. The van der Waals surface area contributed by atoms with Crippen molar-refractivity contribution in [2.75, 3.05) is 6.54 Å². The van der Waals surface area contributed by atoms with Gasteiger partial charge >= 0.3 is 0 Å². The van der Waals surface area contributed by atoms with E-state index in [-0.39, 0.29) is 26.4 Å². The van der Waals surface area contributed by atoms with Crippen molar-refractivity contribution >= 4 is 0 Å². The quantitative estimate of drug-likeness (QED) is 0.721. The molecule has 0 amide bonds. The summed E-state index contributed by atoms with van der Waals surface area (Å²) in [6, 6.07) is 5.88. The molecule has 0 heterocycles. The average Bonchev–Trinajstić information content (AvgIpc) is 2.39. The Kier molecular flexibility index (Phi) is 5.35. The second kappa shape index (κ2) is 6.37. The van der Waals surface area contributed by atoms with Gasteiger partial charge in [0.25, 0.3) is 11.8 Å². The van der Waals surface area contributed by atoms with Crippen molar-refractivity contribution in [1.82, 2.24) is 5.32 Å². The number of benzene rings is 1. The van der Waals surface area contributed by atoms with Gasteiger partial charge in [0.1, 0.15) is 0 Å². The van der Waals surface area contributed by atoms with Crippen LogP contribution in [0.1, 0.15) is 39.2 Å². The third-order valence-corrected chi connectivity index (χ3v) is 3.02. The maximum atomic E-state index is 13.5. The van der Waals surface area contributed by atoms with Gasteiger partial charge < -0.3 is 5.32 Å². The van der Waals surface area contributed by atoms with Gasteiger partial charge in [-0.25, -0.2) is 17.6 Å². The molecule has 0 saturated heterocycles. The highest BCUT2D eigenvalue weighted by Crippen LogP contribution is 2.31. The maximum absolute atomic E-state index is 13.5. The first kappa shape index (κ1) is 16.0. The fourth-order valence-electron chi connectivity index (χ4n) is 1.63. The second-order valence-electron chi connectivity index (χ2n) is 4.57. The number of hydrogen-bond donors (Lipinski definition) is 1. The first-order valence-corrected chi connectivity index (χ1v) is 6.36. The molecule has 0 radical (unpaired) electrons. The van der Waals surface area contributed by atoms with Crippen LogP contribution in [-0.2, 0) is 12.5 Å². The van der Waals surface area contributed by atoms with Gasteiger partial charge in [0.15, 0.2) is 0 Å². The molecule has 0 aromatic heterocycles. The third kappa shape index (κ3) is 4.82. The van der Waals surface area contributed by atoms with Gasteiger partial charge in [0, 0.05) is 26.4 Å². The Labute approximate surface area is 112 Å². The van der Waals surface area contributed by atoms with Crippen LogP contribution in [0, 0.1) is 0 Å². The molecule has 1 nitrogen and oxygen atoms in total. The molecule has 0 saturated carbocycles. The van der Waals surface area contributed by atoms with Crippen LogP contribution in [0.4, 0.5) is 17.6 Å². The smallest absolute Gasteiger partial charge is 0.273 e. The molecular weight excluding hydrogens is 258 g/mol. The third-order valence-electron chi connectivity index (χ3n) is 3.02. The van der Waals surface area contributed by atoms with E-state index in [1.54, 1.807) is 6.07 Å². The summed E-state index contributed by atoms with van der Waals surface area (Å²) in [5.41, 5.74) is 0.508. The summed E-state index contributed by atoms with van der Waals surface area (Å²) in [6.07, 6.45) is -0.522. The molecular formula is C14H21F4N. The van der Waals surface area contributed by atoms with E-state index in [4.69, 9.17) is 0 Å². The van der Waals surface area contributed by atoms with Crippen molar-refractivity contribution in [2.45, 2.75) is 45.1 Å². The second-order valence-corrected chi connectivity index (χ2v) is 4.57. The Hall–Kier alpha value is -1.10. The normalized spacial score (nSPS) is 12.7. The fraction of sp³-hybridized carbons (Fsp3) is 0.571. The van der Waals surface area contributed by atoms with E-state index in [0.29, 0.717) is 5.56 Å². The van der Waals surface area contributed by atoms with Gasteiger partial charge in [-0.15, -0.1) is 0 Å². The maximum Gasteiger partial charge on any atom is 0.273 e. The summed E-state index contributed by atoms with van der Waals surface area (Å²) < 4.78 is 53.0. The Morgan fingerprint density at radius 2 is 1.79 bits per heavy atom. The van der Waals surface area contributed by atoms with Gasteiger partial charge in [-0.1, -0.05) is 32.0 Å². The highest BCUT2D eigenvalue weighted by Gasteiger charge is 2.29. The van der Waals surface area contributed by atoms with Crippen LogP contribution in [0.2, 0.25) is 0 Å². The van der Waals surface area contributed by atoms with E-state index >= 15 is 0 Å². The molecule has 1 aromatic rings. The molecule has 0 aliphatic carbocycles. The Bertz CT molecular complexity index is 410. The Balaban J connectivity index is 0.00000361. The Morgan fingerprint density at radius 3 is 2.37 bits per heavy atom. The molecule has 0 spiro atoms. The zero-order valence-electron chi connectivity index (χ0n) is 11.1. The minimum Gasteiger partial charge on any atom is -0.307 e. The molecule has 0 aliphatic heterocycles. The van der Waals surface area contributed by atoms with E-state index in [9.17, 15) is 17.6 Å². The number of nitrogens with one attached hydrogen (secondary N) is 1. The number of hydrogen-bond acceptors (Lipinski definition) is 1. The molecule has 1 aromatic carbocycles. The first-order chi connectivity index (χ1) is 8.80. The highest BCUT2D eigenvalue weighted by molar-refractivity contribution is 5.26. The number of halogens is 4. The lowest BCUT2D eigenvalue weighted by molar-refractivity contribution is -0.00866. The van der Waals surface area contributed by atoms with E-state index < -0.39 is 18.4 Å². The standard InChI is InChI=1S/C14H19F4N.H2/c1-3-13(15,16)10-19-9-11-6-5-7-12(8-11)14(17,18)4-2;/h5-8,19H,3-4,9-10H2,1-2H3;1H. The molecule has 19 heavy (non-hydrogen) atoms. The molecule has 1 rings (SSSR count). The molecule has 110 valence electrons. The summed E-state index contributed by atoms with van der Waals surface area (Å²) in [5, 5.41) is 2.59. The van der Waals surface area contributed by atoms with Gasteiger partial charge in [-0.3, -0.25) is 0 Å². The zero-order valence-corrected chi connectivity index (χ0v) is 11.1. The van der Waals surface area contributed by atoms with Crippen molar-refractivity contribution in [3.05, 3.63) is 35.4 Å². The lowest BCUT2D eigenvalue weighted by Gasteiger charge is -2.17. The average molecular weight is 279 g/mol. The first-order valence-electron chi connectivity index (χ1n) is 6.36. The van der Waals surface area contributed by atoms with Crippen LogP contribution in [0.25, 0.3) is 0 Å². The van der Waals surface area contributed by atoms with Gasteiger partial charge in [-0.2, -0.15) is 0 Å². The van der Waals surface area contributed by atoms with Crippen molar-refractivity contribution < 1.29 is 19.0 Å². The summed E-state index contributed by atoms with van der Waals surface area (Å²) >= 11 is 0. The molecule has 0 bridgehead atoms. The lowest BCUT2D eigenvalue weighted by atomic mass is 10.0. The largest absolute Gasteiger partial charge is 0.307 e. The zero-order chi connectivity index (χ0) is 14.5. The molecule has 0 fully saturated rings. The SMILES string of the molecule is CCC(F)(F)CNCc1cccc(C(F)(F)CC)c1.[HH]. The fourth-order valence-corrected chi connectivity index (χ4v) is 1.63. The van der Waals surface area contributed by atoms with Crippen LogP contribution in [0.5, 0.6) is 0 Å². The monoisotopic (exact) mass is 279 g/mol. The van der Waals surface area contributed by atoms with E-state index in [2.05, 4.69) is 5.32 Å². The van der Waals surface area contributed by atoms with Crippen LogP contribution in [0.3, 0.4) is 0 Å². The van der Waals surface area contributed by atoms with Crippen LogP contribution < -0.4 is 5.32 Å². The number of rotatable bonds is 7. The predicted octanol–water partition coefficient (Wildman–Crippen LogP) is 4.57. The number of alkyl halides is 4. The minimum atomic E-state index is -2.87. The van der Waals surface area contributed by atoms with E-state index in [1.807, 2.05) is 0 Å². The molecule has 0 atom stereocenters. The summed E-state index contributed by atoms with van der Waals surface area (Å²) in [6.45, 7) is 2.53. The van der Waals surface area contributed by atoms with Crippen molar-refractivity contribution in [2.24, 2.45) is 0 Å². The van der Waals surface area contributed by atoms with Crippen LogP contribution in [-0.4, -0.2) is 12.5 Å². The van der Waals surface area contributed by atoms with Crippen molar-refractivity contribution in [1.29, 1.82) is 0 Å². The summed E-state index contributed by atoms with van der Waals surface area (Å²) in [4.78, 5) is 0. The minimum absolute atomic E-state index is 0. The lowest BCUT2D eigenvalue weighted by Crippen LogP contribution is -2.31. The van der Waals surface area contributed by atoms with E-state index in [1.165, 1.54) is 32.0 Å². The van der Waals surface area contributed by atoms with Crippen molar-refractivity contribution in [3.8, 4) is 0 Å². The van der Waals surface area contributed by atoms with Gasteiger partial charge in [0.05, 0.1) is 6.54 Å². The van der Waals surface area contributed by atoms with Crippen molar-refractivity contribution in [3.63, 3.8) is 0 Å². The molecule has 1 N–H and O–H groups in total. The van der Waals surface area contributed by atoms with Gasteiger partial charge in [-0.05, 0) is 11.6 Å². The molecule has 5 heteroatoms. The predicted molar refractivity (Wildman–Crippen MR) is 69.7 cm³/mol. The topological polar surface area (TPSA) is 12.0 Å². The van der Waals surface area contributed by atoms with Crippen LogP contribution in [0.15, 0.2) is 24.3 Å². The molecule has 0 unspecified atom stereocenters. The summed E-state index contributed by atoms with van der Waals surface area (Å²) in [7, 11) is 0. The highest BCUT2D eigenvalue weighted by atomic mass is 19.3.